The first-order chi connectivity index (χ1) is 9.25. The van der Waals surface area contributed by atoms with Crippen LogP contribution in [0.25, 0.3) is 0 Å². The topological polar surface area (TPSA) is 50.4 Å². The molecule has 1 fully saturated rings. The molecule has 0 aliphatic heterocycles. The third kappa shape index (κ3) is 5.36. The summed E-state index contributed by atoms with van der Waals surface area (Å²) in [6, 6.07) is 6.11. The van der Waals surface area contributed by atoms with Crippen molar-refractivity contribution >= 4 is 11.6 Å². The summed E-state index contributed by atoms with van der Waals surface area (Å²) >= 11 is 0. The molecule has 104 valence electrons. The van der Waals surface area contributed by atoms with Gasteiger partial charge < -0.3 is 15.4 Å². The standard InChI is InChI=1S/C14H19FN2O2/c15-12-3-1-2-4-13(12)17-14(18)9-16-7-8-19-10-11-5-6-11/h1-4,11,16H,5-10H2,(H,17,18). The summed E-state index contributed by atoms with van der Waals surface area (Å²) in [5.41, 5.74) is 0.208. The smallest absolute Gasteiger partial charge is 0.238 e. The van der Waals surface area contributed by atoms with Gasteiger partial charge in [0.1, 0.15) is 5.82 Å². The lowest BCUT2D eigenvalue weighted by Crippen LogP contribution is -2.30. The molecule has 19 heavy (non-hydrogen) atoms. The second-order valence-corrected chi connectivity index (χ2v) is 4.72. The Morgan fingerprint density at radius 3 is 2.89 bits per heavy atom. The highest BCUT2D eigenvalue weighted by atomic mass is 19.1. The molecule has 1 saturated carbocycles. The number of carbonyl (C=O) groups is 1. The third-order valence-electron chi connectivity index (χ3n) is 2.91. The molecule has 0 bridgehead atoms. The molecular formula is C14H19FN2O2. The Hall–Kier alpha value is -1.46. The van der Waals surface area contributed by atoms with E-state index in [0.717, 1.165) is 12.5 Å². The van der Waals surface area contributed by atoms with Gasteiger partial charge in [0.15, 0.2) is 0 Å². The monoisotopic (exact) mass is 266 g/mol. The summed E-state index contributed by atoms with van der Waals surface area (Å²) in [5.74, 6) is 0.0697. The van der Waals surface area contributed by atoms with E-state index in [9.17, 15) is 9.18 Å². The maximum atomic E-state index is 13.3. The van der Waals surface area contributed by atoms with Crippen molar-refractivity contribution in [3.05, 3.63) is 30.1 Å². The lowest BCUT2D eigenvalue weighted by atomic mass is 10.3. The minimum absolute atomic E-state index is 0.154. The largest absolute Gasteiger partial charge is 0.380 e. The molecule has 1 aliphatic rings. The molecule has 5 heteroatoms. The Kier molecular flexibility index (Phi) is 5.30. The molecule has 1 aromatic carbocycles. The van der Waals surface area contributed by atoms with Crippen molar-refractivity contribution in [2.75, 3.05) is 31.6 Å². The first-order valence-electron chi connectivity index (χ1n) is 6.58. The van der Waals surface area contributed by atoms with Crippen LogP contribution in [0.4, 0.5) is 10.1 Å². The number of rotatable bonds is 8. The van der Waals surface area contributed by atoms with E-state index in [0.29, 0.717) is 13.2 Å². The molecule has 0 heterocycles. The van der Waals surface area contributed by atoms with Crippen LogP contribution in [0.3, 0.4) is 0 Å². The summed E-state index contributed by atoms with van der Waals surface area (Å²) < 4.78 is 18.7. The minimum Gasteiger partial charge on any atom is -0.380 e. The highest BCUT2D eigenvalue weighted by Crippen LogP contribution is 2.28. The SMILES string of the molecule is O=C(CNCCOCC1CC1)Nc1ccccc1F. The number of benzene rings is 1. The number of ether oxygens (including phenoxy) is 1. The quantitative estimate of drug-likeness (QED) is 0.705. The molecule has 0 saturated heterocycles. The maximum Gasteiger partial charge on any atom is 0.238 e. The highest BCUT2D eigenvalue weighted by Gasteiger charge is 2.20. The van der Waals surface area contributed by atoms with Gasteiger partial charge in [0, 0.05) is 13.2 Å². The second kappa shape index (κ2) is 7.21. The molecule has 1 amide bonds. The number of carbonyl (C=O) groups excluding carboxylic acids is 1. The van der Waals surface area contributed by atoms with Crippen LogP contribution in [0.1, 0.15) is 12.8 Å². The van der Waals surface area contributed by atoms with Gasteiger partial charge in [0.2, 0.25) is 5.91 Å². The molecule has 0 aromatic heterocycles. The summed E-state index contributed by atoms with van der Waals surface area (Å²) in [6.45, 7) is 2.20. The van der Waals surface area contributed by atoms with E-state index in [-0.39, 0.29) is 18.1 Å². The molecule has 1 aliphatic carbocycles. The van der Waals surface area contributed by atoms with Crippen LogP contribution < -0.4 is 10.6 Å². The van der Waals surface area contributed by atoms with Crippen LogP contribution in [0.15, 0.2) is 24.3 Å². The molecule has 0 unspecified atom stereocenters. The zero-order chi connectivity index (χ0) is 13.5. The zero-order valence-electron chi connectivity index (χ0n) is 10.8. The molecule has 0 spiro atoms. The minimum atomic E-state index is -0.427. The number of amides is 1. The number of halogens is 1. The maximum absolute atomic E-state index is 13.3. The van der Waals surface area contributed by atoms with E-state index in [1.807, 2.05) is 0 Å². The lowest BCUT2D eigenvalue weighted by molar-refractivity contribution is -0.115. The normalized spacial score (nSPS) is 14.4. The Morgan fingerprint density at radius 2 is 2.16 bits per heavy atom. The van der Waals surface area contributed by atoms with E-state index in [4.69, 9.17) is 4.74 Å². The van der Waals surface area contributed by atoms with Crippen molar-refractivity contribution in [2.24, 2.45) is 5.92 Å². The molecule has 0 radical (unpaired) electrons. The Morgan fingerprint density at radius 1 is 1.37 bits per heavy atom. The fourth-order valence-corrected chi connectivity index (χ4v) is 1.64. The van der Waals surface area contributed by atoms with Gasteiger partial charge in [0.05, 0.1) is 18.8 Å². The van der Waals surface area contributed by atoms with E-state index in [1.54, 1.807) is 12.1 Å². The molecule has 0 atom stereocenters. The third-order valence-corrected chi connectivity index (χ3v) is 2.91. The van der Waals surface area contributed by atoms with Crippen LogP contribution in [-0.4, -0.2) is 32.2 Å². The number of nitrogens with one attached hydrogen (secondary N) is 2. The Balaban J connectivity index is 1.55. The first-order valence-corrected chi connectivity index (χ1v) is 6.58. The van der Waals surface area contributed by atoms with Gasteiger partial charge in [-0.05, 0) is 30.9 Å². The molecule has 4 nitrogen and oxygen atoms in total. The Bertz CT molecular complexity index is 422. The van der Waals surface area contributed by atoms with Gasteiger partial charge in [-0.25, -0.2) is 4.39 Å². The van der Waals surface area contributed by atoms with Gasteiger partial charge in [0.25, 0.3) is 0 Å². The summed E-state index contributed by atoms with van der Waals surface area (Å²) in [7, 11) is 0. The zero-order valence-corrected chi connectivity index (χ0v) is 10.8. The lowest BCUT2D eigenvalue weighted by Gasteiger charge is -2.07. The van der Waals surface area contributed by atoms with Gasteiger partial charge >= 0.3 is 0 Å². The van der Waals surface area contributed by atoms with Crippen molar-refractivity contribution in [3.8, 4) is 0 Å². The van der Waals surface area contributed by atoms with Gasteiger partial charge in [-0.15, -0.1) is 0 Å². The van der Waals surface area contributed by atoms with Crippen LogP contribution in [-0.2, 0) is 9.53 Å². The van der Waals surface area contributed by atoms with Gasteiger partial charge in [-0.1, -0.05) is 12.1 Å². The molecule has 2 rings (SSSR count). The summed E-state index contributed by atoms with van der Waals surface area (Å²) in [6.07, 6.45) is 2.55. The first kappa shape index (κ1) is 14.0. The fraction of sp³-hybridized carbons (Fsp3) is 0.500. The van der Waals surface area contributed by atoms with Crippen LogP contribution >= 0.6 is 0 Å². The number of anilines is 1. The second-order valence-electron chi connectivity index (χ2n) is 4.72. The predicted molar refractivity (Wildman–Crippen MR) is 71.4 cm³/mol. The number of para-hydroxylation sites is 1. The predicted octanol–water partition coefficient (Wildman–Crippen LogP) is 1.78. The van der Waals surface area contributed by atoms with E-state index in [2.05, 4.69) is 10.6 Å². The van der Waals surface area contributed by atoms with E-state index < -0.39 is 5.82 Å². The van der Waals surface area contributed by atoms with Crippen molar-refractivity contribution in [1.29, 1.82) is 0 Å². The highest BCUT2D eigenvalue weighted by molar-refractivity contribution is 5.92. The summed E-state index contributed by atoms with van der Waals surface area (Å²) in [5, 5.41) is 5.47. The van der Waals surface area contributed by atoms with Crippen molar-refractivity contribution in [1.82, 2.24) is 5.32 Å². The van der Waals surface area contributed by atoms with E-state index >= 15 is 0 Å². The molecule has 2 N–H and O–H groups in total. The van der Waals surface area contributed by atoms with Crippen LogP contribution in [0.5, 0.6) is 0 Å². The average molecular weight is 266 g/mol. The fourth-order valence-electron chi connectivity index (χ4n) is 1.64. The average Bonchev–Trinajstić information content (AvgIpc) is 3.20. The van der Waals surface area contributed by atoms with Crippen LogP contribution in [0.2, 0.25) is 0 Å². The molecular weight excluding hydrogens is 247 g/mol. The van der Waals surface area contributed by atoms with Crippen molar-refractivity contribution in [3.63, 3.8) is 0 Å². The molecule has 1 aromatic rings. The van der Waals surface area contributed by atoms with Crippen molar-refractivity contribution < 1.29 is 13.9 Å². The van der Waals surface area contributed by atoms with E-state index in [1.165, 1.54) is 25.0 Å². The van der Waals surface area contributed by atoms with Crippen molar-refractivity contribution in [2.45, 2.75) is 12.8 Å². The van der Waals surface area contributed by atoms with Gasteiger partial charge in [-0.3, -0.25) is 4.79 Å². The number of hydrogen-bond donors (Lipinski definition) is 2. The van der Waals surface area contributed by atoms with Gasteiger partial charge in [-0.2, -0.15) is 0 Å². The summed E-state index contributed by atoms with van der Waals surface area (Å²) in [4.78, 5) is 11.5. The Labute approximate surface area is 112 Å². The number of hydrogen-bond acceptors (Lipinski definition) is 3. The van der Waals surface area contributed by atoms with Crippen LogP contribution in [0, 0.1) is 11.7 Å².